The van der Waals surface area contributed by atoms with Gasteiger partial charge in [0.25, 0.3) is 0 Å². The van der Waals surface area contributed by atoms with Gasteiger partial charge in [-0.05, 0) is 43.7 Å². The molecular weight excluding hydrogens is 308 g/mol. The van der Waals surface area contributed by atoms with Crippen molar-refractivity contribution < 1.29 is 23.8 Å². The Kier molecular flexibility index (Phi) is 4.71. The summed E-state index contributed by atoms with van der Waals surface area (Å²) in [5.41, 5.74) is 1.26. The van der Waals surface area contributed by atoms with Crippen LogP contribution >= 0.6 is 0 Å². The molecule has 0 atom stereocenters. The fourth-order valence-corrected chi connectivity index (χ4v) is 3.54. The molecule has 3 rings (SSSR count). The van der Waals surface area contributed by atoms with Crippen LogP contribution in [-0.2, 0) is 23.8 Å². The van der Waals surface area contributed by atoms with Gasteiger partial charge in [-0.3, -0.25) is 0 Å². The molecule has 24 heavy (non-hydrogen) atoms. The number of ether oxygens (including phenoxy) is 3. The number of esters is 2. The molecule has 1 fully saturated rings. The molecule has 1 aliphatic heterocycles. The molecule has 0 aromatic heterocycles. The summed E-state index contributed by atoms with van der Waals surface area (Å²) >= 11 is 0. The topological polar surface area (TPSA) is 61.8 Å². The van der Waals surface area contributed by atoms with Crippen LogP contribution in [0.2, 0.25) is 0 Å². The van der Waals surface area contributed by atoms with E-state index in [0.717, 1.165) is 30.4 Å². The maximum absolute atomic E-state index is 12.6. The van der Waals surface area contributed by atoms with Crippen molar-refractivity contribution in [2.45, 2.75) is 44.6 Å². The maximum atomic E-state index is 12.6. The van der Waals surface area contributed by atoms with Gasteiger partial charge in [0, 0.05) is 7.11 Å². The number of carbonyl (C=O) groups excluding carboxylic acids is 2. The largest absolute Gasteiger partial charge is 0.447 e. The van der Waals surface area contributed by atoms with E-state index in [4.69, 9.17) is 14.2 Å². The minimum Gasteiger partial charge on any atom is -0.447 e. The predicted molar refractivity (Wildman–Crippen MR) is 88.0 cm³/mol. The number of benzene rings is 1. The first-order chi connectivity index (χ1) is 11.6. The van der Waals surface area contributed by atoms with Crippen LogP contribution in [0.15, 0.2) is 30.0 Å². The lowest BCUT2D eigenvalue weighted by Crippen LogP contribution is -2.36. The van der Waals surface area contributed by atoms with Crippen molar-refractivity contribution in [3.63, 3.8) is 0 Å². The molecule has 1 spiro atoms. The molecule has 1 aliphatic carbocycles. The van der Waals surface area contributed by atoms with Crippen LogP contribution in [0.25, 0.3) is 5.57 Å². The van der Waals surface area contributed by atoms with E-state index in [1.54, 1.807) is 0 Å². The SMILES string of the molecule is COCC(=O)OC1=C(c2ccccc2C)C(=O)OC12CCCCC2. The van der Waals surface area contributed by atoms with Crippen LogP contribution < -0.4 is 0 Å². The molecule has 1 heterocycles. The average Bonchev–Trinajstić information content (AvgIpc) is 2.80. The summed E-state index contributed by atoms with van der Waals surface area (Å²) in [6.07, 6.45) is 4.35. The first-order valence-electron chi connectivity index (χ1n) is 8.31. The van der Waals surface area contributed by atoms with Gasteiger partial charge in [-0.1, -0.05) is 30.7 Å². The third kappa shape index (κ3) is 2.96. The Bertz CT molecular complexity index is 683. The summed E-state index contributed by atoms with van der Waals surface area (Å²) < 4.78 is 16.2. The molecule has 1 aromatic rings. The standard InChI is InChI=1S/C19H22O5/c1-13-8-4-5-9-14(13)16-17(23-15(20)12-22-2)19(24-18(16)21)10-6-3-7-11-19/h4-5,8-9H,3,6-7,10-12H2,1-2H3. The molecule has 5 heteroatoms. The van der Waals surface area contributed by atoms with Crippen molar-refractivity contribution in [3.8, 4) is 0 Å². The van der Waals surface area contributed by atoms with E-state index in [9.17, 15) is 9.59 Å². The second kappa shape index (κ2) is 6.77. The Morgan fingerprint density at radius 2 is 1.92 bits per heavy atom. The Morgan fingerprint density at radius 3 is 2.58 bits per heavy atom. The second-order valence-corrected chi connectivity index (χ2v) is 6.37. The zero-order chi connectivity index (χ0) is 17.2. The van der Waals surface area contributed by atoms with E-state index >= 15 is 0 Å². The van der Waals surface area contributed by atoms with Crippen molar-refractivity contribution in [1.82, 2.24) is 0 Å². The van der Waals surface area contributed by atoms with Crippen molar-refractivity contribution >= 4 is 17.5 Å². The normalized spacial score (nSPS) is 19.5. The van der Waals surface area contributed by atoms with E-state index in [2.05, 4.69) is 0 Å². The van der Waals surface area contributed by atoms with Crippen LogP contribution in [0.3, 0.4) is 0 Å². The van der Waals surface area contributed by atoms with Crippen molar-refractivity contribution in [1.29, 1.82) is 0 Å². The molecule has 0 unspecified atom stereocenters. The summed E-state index contributed by atoms with van der Waals surface area (Å²) in [6, 6.07) is 7.56. The average molecular weight is 330 g/mol. The highest BCUT2D eigenvalue weighted by molar-refractivity contribution is 6.20. The highest BCUT2D eigenvalue weighted by Gasteiger charge is 2.51. The maximum Gasteiger partial charge on any atom is 0.343 e. The van der Waals surface area contributed by atoms with Crippen molar-refractivity contribution in [2.75, 3.05) is 13.7 Å². The third-order valence-electron chi connectivity index (χ3n) is 4.69. The summed E-state index contributed by atoms with van der Waals surface area (Å²) in [5.74, 6) is -0.559. The van der Waals surface area contributed by atoms with Gasteiger partial charge >= 0.3 is 11.9 Å². The number of methoxy groups -OCH3 is 1. The smallest absolute Gasteiger partial charge is 0.343 e. The van der Waals surface area contributed by atoms with Gasteiger partial charge in [-0.15, -0.1) is 0 Å². The lowest BCUT2D eigenvalue weighted by Gasteiger charge is -2.33. The Labute approximate surface area is 141 Å². The molecule has 5 nitrogen and oxygen atoms in total. The predicted octanol–water partition coefficient (Wildman–Crippen LogP) is 3.16. The summed E-state index contributed by atoms with van der Waals surface area (Å²) in [7, 11) is 1.44. The van der Waals surface area contributed by atoms with Gasteiger partial charge in [-0.2, -0.15) is 0 Å². The molecule has 0 amide bonds. The van der Waals surface area contributed by atoms with Crippen LogP contribution in [0.5, 0.6) is 0 Å². The molecule has 0 radical (unpaired) electrons. The molecule has 2 aliphatic rings. The first-order valence-corrected chi connectivity index (χ1v) is 8.31. The van der Waals surface area contributed by atoms with Crippen LogP contribution in [0, 0.1) is 6.92 Å². The zero-order valence-corrected chi connectivity index (χ0v) is 14.1. The van der Waals surface area contributed by atoms with E-state index in [-0.39, 0.29) is 6.61 Å². The highest BCUT2D eigenvalue weighted by atomic mass is 16.6. The van der Waals surface area contributed by atoms with Gasteiger partial charge in [-0.25, -0.2) is 9.59 Å². The minimum absolute atomic E-state index is 0.158. The lowest BCUT2D eigenvalue weighted by molar-refractivity contribution is -0.157. The monoisotopic (exact) mass is 330 g/mol. The van der Waals surface area contributed by atoms with Gasteiger partial charge in [0.2, 0.25) is 0 Å². The number of hydrogen-bond donors (Lipinski definition) is 0. The number of hydrogen-bond acceptors (Lipinski definition) is 5. The first kappa shape index (κ1) is 16.7. The molecule has 0 N–H and O–H groups in total. The molecular formula is C19H22O5. The Morgan fingerprint density at radius 1 is 1.21 bits per heavy atom. The third-order valence-corrected chi connectivity index (χ3v) is 4.69. The van der Waals surface area contributed by atoms with E-state index in [1.165, 1.54) is 7.11 Å². The fraction of sp³-hybridized carbons (Fsp3) is 0.474. The molecule has 1 saturated carbocycles. The van der Waals surface area contributed by atoms with E-state index in [0.29, 0.717) is 24.2 Å². The number of rotatable bonds is 4. The number of aryl methyl sites for hydroxylation is 1. The molecule has 1 aromatic carbocycles. The summed E-state index contributed by atoms with van der Waals surface area (Å²) in [6.45, 7) is 1.77. The summed E-state index contributed by atoms with van der Waals surface area (Å²) in [5, 5.41) is 0. The molecule has 0 saturated heterocycles. The minimum atomic E-state index is -0.809. The lowest BCUT2D eigenvalue weighted by atomic mass is 9.82. The van der Waals surface area contributed by atoms with Gasteiger partial charge < -0.3 is 14.2 Å². The van der Waals surface area contributed by atoms with Crippen molar-refractivity contribution in [3.05, 3.63) is 41.2 Å². The van der Waals surface area contributed by atoms with Gasteiger partial charge in [0.1, 0.15) is 12.2 Å². The van der Waals surface area contributed by atoms with Crippen LogP contribution in [0.4, 0.5) is 0 Å². The van der Waals surface area contributed by atoms with Gasteiger partial charge in [0.15, 0.2) is 11.4 Å². The van der Waals surface area contributed by atoms with Crippen molar-refractivity contribution in [2.24, 2.45) is 0 Å². The van der Waals surface area contributed by atoms with E-state index in [1.807, 2.05) is 31.2 Å². The van der Waals surface area contributed by atoms with Crippen LogP contribution in [0.1, 0.15) is 43.2 Å². The zero-order valence-electron chi connectivity index (χ0n) is 14.1. The number of carbonyl (C=O) groups is 2. The molecule has 128 valence electrons. The van der Waals surface area contributed by atoms with E-state index < -0.39 is 17.5 Å². The summed E-state index contributed by atoms with van der Waals surface area (Å²) in [4.78, 5) is 24.7. The van der Waals surface area contributed by atoms with Gasteiger partial charge in [0.05, 0.1) is 0 Å². The Balaban J connectivity index is 2.09. The quantitative estimate of drug-likeness (QED) is 0.794. The highest BCUT2D eigenvalue weighted by Crippen LogP contribution is 2.47. The Hall–Kier alpha value is -2.14. The fourth-order valence-electron chi connectivity index (χ4n) is 3.54. The molecule has 0 bridgehead atoms. The second-order valence-electron chi connectivity index (χ2n) is 6.37. The van der Waals surface area contributed by atoms with Crippen LogP contribution in [-0.4, -0.2) is 31.3 Å².